The summed E-state index contributed by atoms with van der Waals surface area (Å²) in [6.07, 6.45) is 5.90. The molecule has 0 saturated heterocycles. The van der Waals surface area contributed by atoms with E-state index in [1.54, 1.807) is 0 Å². The van der Waals surface area contributed by atoms with Crippen LogP contribution >= 0.6 is 0 Å². The second-order valence-corrected chi connectivity index (χ2v) is 4.82. The summed E-state index contributed by atoms with van der Waals surface area (Å²) < 4.78 is 7.79. The van der Waals surface area contributed by atoms with E-state index in [4.69, 9.17) is 10.5 Å². The van der Waals surface area contributed by atoms with Crippen molar-refractivity contribution in [1.29, 1.82) is 0 Å². The van der Waals surface area contributed by atoms with Crippen molar-refractivity contribution in [3.63, 3.8) is 0 Å². The van der Waals surface area contributed by atoms with Crippen LogP contribution in [0, 0.1) is 0 Å². The molecule has 2 rings (SSSR count). The highest BCUT2D eigenvalue weighted by atomic mass is 16.5. The molecule has 2 N–H and O–H groups in total. The van der Waals surface area contributed by atoms with Crippen molar-refractivity contribution in [3.8, 4) is 5.75 Å². The van der Waals surface area contributed by atoms with E-state index in [1.165, 1.54) is 0 Å². The first-order valence-electron chi connectivity index (χ1n) is 7.23. The summed E-state index contributed by atoms with van der Waals surface area (Å²) in [7, 11) is 0. The third-order valence-corrected chi connectivity index (χ3v) is 3.29. The van der Waals surface area contributed by atoms with Gasteiger partial charge in [-0.25, -0.2) is 4.98 Å². The Bertz CT molecular complexity index is 536. The number of rotatable bonds is 7. The predicted molar refractivity (Wildman–Crippen MR) is 80.8 cm³/mol. The molecule has 0 aliphatic carbocycles. The van der Waals surface area contributed by atoms with Crippen LogP contribution in [0.1, 0.15) is 37.7 Å². The highest BCUT2D eigenvalue weighted by Gasteiger charge is 2.13. The lowest BCUT2D eigenvalue weighted by molar-refractivity contribution is 0.332. The molecule has 0 fully saturated rings. The largest absolute Gasteiger partial charge is 0.494 e. The summed E-state index contributed by atoms with van der Waals surface area (Å²) >= 11 is 0. The summed E-state index contributed by atoms with van der Waals surface area (Å²) in [5, 5.41) is 0. The molecule has 108 valence electrons. The number of hydrogen-bond donors (Lipinski definition) is 1. The molecule has 0 saturated carbocycles. The van der Waals surface area contributed by atoms with Crippen molar-refractivity contribution < 1.29 is 4.74 Å². The van der Waals surface area contributed by atoms with Crippen molar-refractivity contribution in [2.45, 2.75) is 39.3 Å². The van der Waals surface area contributed by atoms with E-state index in [0.29, 0.717) is 6.61 Å². The number of hydrogen-bond acceptors (Lipinski definition) is 3. The van der Waals surface area contributed by atoms with Crippen LogP contribution in [-0.4, -0.2) is 16.2 Å². The molecule has 1 aromatic carbocycles. The third-order valence-electron chi connectivity index (χ3n) is 3.29. The predicted octanol–water partition coefficient (Wildman–Crippen LogP) is 2.93. The summed E-state index contributed by atoms with van der Waals surface area (Å²) in [4.78, 5) is 4.39. The highest BCUT2D eigenvalue weighted by molar-refractivity contribution is 5.35. The van der Waals surface area contributed by atoms with Crippen LogP contribution in [0.25, 0.3) is 0 Å². The smallest absolute Gasteiger partial charge is 0.124 e. The second kappa shape index (κ2) is 7.10. The van der Waals surface area contributed by atoms with Crippen molar-refractivity contribution in [2.24, 2.45) is 5.73 Å². The van der Waals surface area contributed by atoms with Gasteiger partial charge in [0.15, 0.2) is 0 Å². The van der Waals surface area contributed by atoms with Crippen molar-refractivity contribution in [1.82, 2.24) is 9.55 Å². The molecule has 1 heterocycles. The first-order valence-corrected chi connectivity index (χ1v) is 7.23. The Morgan fingerprint density at radius 2 is 2.10 bits per heavy atom. The Morgan fingerprint density at radius 3 is 2.85 bits per heavy atom. The summed E-state index contributed by atoms with van der Waals surface area (Å²) in [6, 6.07) is 7.88. The van der Waals surface area contributed by atoms with Gasteiger partial charge in [0.2, 0.25) is 0 Å². The number of nitrogens with two attached hydrogens (primary N) is 1. The van der Waals surface area contributed by atoms with E-state index < -0.39 is 0 Å². The maximum Gasteiger partial charge on any atom is 0.124 e. The maximum atomic E-state index is 6.35. The molecule has 0 radical (unpaired) electrons. The number of para-hydroxylation sites is 1. The highest BCUT2D eigenvalue weighted by Crippen LogP contribution is 2.25. The Morgan fingerprint density at radius 1 is 1.30 bits per heavy atom. The summed E-state index contributed by atoms with van der Waals surface area (Å²) in [6.45, 7) is 5.51. The zero-order chi connectivity index (χ0) is 14.4. The van der Waals surface area contributed by atoms with E-state index in [-0.39, 0.29) is 6.04 Å². The Kier molecular flexibility index (Phi) is 5.18. The lowest BCUT2D eigenvalue weighted by Gasteiger charge is -2.18. The fourth-order valence-corrected chi connectivity index (χ4v) is 2.34. The number of aromatic nitrogens is 2. The van der Waals surface area contributed by atoms with Gasteiger partial charge < -0.3 is 15.0 Å². The van der Waals surface area contributed by atoms with Crippen LogP contribution < -0.4 is 10.5 Å². The Labute approximate surface area is 120 Å². The van der Waals surface area contributed by atoms with Crippen LogP contribution in [0.4, 0.5) is 0 Å². The SMILES string of the molecule is CCCc1nccn1CC(N)c1ccccc1OCC. The van der Waals surface area contributed by atoms with Crippen LogP contribution in [0.5, 0.6) is 5.75 Å². The first kappa shape index (κ1) is 14.6. The van der Waals surface area contributed by atoms with E-state index in [9.17, 15) is 0 Å². The lowest BCUT2D eigenvalue weighted by Crippen LogP contribution is -2.19. The monoisotopic (exact) mass is 273 g/mol. The zero-order valence-electron chi connectivity index (χ0n) is 12.2. The van der Waals surface area contributed by atoms with Gasteiger partial charge in [0.25, 0.3) is 0 Å². The summed E-state index contributed by atoms with van der Waals surface area (Å²) in [5.41, 5.74) is 7.40. The molecule has 4 nitrogen and oxygen atoms in total. The molecule has 0 aliphatic heterocycles. The first-order chi connectivity index (χ1) is 9.76. The van der Waals surface area contributed by atoms with Crippen molar-refractivity contribution in [2.75, 3.05) is 6.61 Å². The summed E-state index contributed by atoms with van der Waals surface area (Å²) in [5.74, 6) is 1.97. The Hall–Kier alpha value is -1.81. The fourth-order valence-electron chi connectivity index (χ4n) is 2.34. The number of aryl methyl sites for hydroxylation is 1. The van der Waals surface area contributed by atoms with Gasteiger partial charge >= 0.3 is 0 Å². The molecule has 4 heteroatoms. The van der Waals surface area contributed by atoms with Crippen molar-refractivity contribution >= 4 is 0 Å². The van der Waals surface area contributed by atoms with Gasteiger partial charge in [0.1, 0.15) is 11.6 Å². The minimum Gasteiger partial charge on any atom is -0.494 e. The van der Waals surface area contributed by atoms with Crippen LogP contribution in [-0.2, 0) is 13.0 Å². The molecule has 2 aromatic rings. The van der Waals surface area contributed by atoms with E-state index in [1.807, 2.05) is 43.6 Å². The van der Waals surface area contributed by atoms with Gasteiger partial charge in [0.05, 0.1) is 12.6 Å². The average Bonchev–Trinajstić information content (AvgIpc) is 2.87. The van der Waals surface area contributed by atoms with Crippen molar-refractivity contribution in [3.05, 3.63) is 48.0 Å². The fraction of sp³-hybridized carbons (Fsp3) is 0.438. The van der Waals surface area contributed by atoms with Gasteiger partial charge in [-0.2, -0.15) is 0 Å². The topological polar surface area (TPSA) is 53.1 Å². The molecule has 1 atom stereocenters. The van der Waals surface area contributed by atoms with Crippen LogP contribution in [0.2, 0.25) is 0 Å². The van der Waals surface area contributed by atoms with E-state index in [0.717, 1.165) is 36.5 Å². The molecule has 0 spiro atoms. The number of ether oxygens (including phenoxy) is 1. The zero-order valence-corrected chi connectivity index (χ0v) is 12.2. The van der Waals surface area contributed by atoms with Gasteiger partial charge in [-0.15, -0.1) is 0 Å². The normalized spacial score (nSPS) is 12.3. The number of nitrogens with zero attached hydrogens (tertiary/aromatic N) is 2. The maximum absolute atomic E-state index is 6.35. The van der Waals surface area contributed by atoms with Gasteiger partial charge in [-0.1, -0.05) is 25.1 Å². The molecular weight excluding hydrogens is 250 g/mol. The average molecular weight is 273 g/mol. The standard InChI is InChI=1S/C16H23N3O/c1-3-7-16-18-10-11-19(16)12-14(17)13-8-5-6-9-15(13)20-4-2/h5-6,8-11,14H,3-4,7,12,17H2,1-2H3. The van der Waals surface area contributed by atoms with E-state index in [2.05, 4.69) is 16.5 Å². The van der Waals surface area contributed by atoms with E-state index >= 15 is 0 Å². The van der Waals surface area contributed by atoms with Crippen LogP contribution in [0.3, 0.4) is 0 Å². The molecule has 0 aliphatic rings. The third kappa shape index (κ3) is 3.39. The molecule has 1 unspecified atom stereocenters. The minimum atomic E-state index is -0.0949. The number of imidazole rings is 1. The quantitative estimate of drug-likeness (QED) is 0.844. The van der Waals surface area contributed by atoms with Gasteiger partial charge in [-0.3, -0.25) is 0 Å². The van der Waals surface area contributed by atoms with Crippen LogP contribution in [0.15, 0.2) is 36.7 Å². The molecule has 0 amide bonds. The Balaban J connectivity index is 2.15. The molecule has 0 bridgehead atoms. The molecule has 20 heavy (non-hydrogen) atoms. The lowest BCUT2D eigenvalue weighted by atomic mass is 10.1. The van der Waals surface area contributed by atoms with Gasteiger partial charge in [0, 0.05) is 30.9 Å². The number of benzene rings is 1. The minimum absolute atomic E-state index is 0.0949. The molecule has 1 aromatic heterocycles. The second-order valence-electron chi connectivity index (χ2n) is 4.82. The molecular formula is C16H23N3O. The van der Waals surface area contributed by atoms with Gasteiger partial charge in [-0.05, 0) is 19.4 Å².